The van der Waals surface area contributed by atoms with Gasteiger partial charge in [0.1, 0.15) is 29.7 Å². The highest BCUT2D eigenvalue weighted by Crippen LogP contribution is 2.44. The topological polar surface area (TPSA) is 106 Å². The van der Waals surface area contributed by atoms with Crippen molar-refractivity contribution in [1.29, 1.82) is 5.26 Å². The van der Waals surface area contributed by atoms with E-state index in [1.807, 2.05) is 36.4 Å². The van der Waals surface area contributed by atoms with E-state index in [1.165, 1.54) is 0 Å². The van der Waals surface area contributed by atoms with E-state index in [0.717, 1.165) is 35.2 Å². The summed E-state index contributed by atoms with van der Waals surface area (Å²) < 4.78 is 17.1. The van der Waals surface area contributed by atoms with Gasteiger partial charge in [-0.2, -0.15) is 5.26 Å². The number of hydrogen-bond donors (Lipinski definition) is 2. The number of aromatic nitrogens is 2. The summed E-state index contributed by atoms with van der Waals surface area (Å²) in [6, 6.07) is 15.3. The fourth-order valence-electron chi connectivity index (χ4n) is 3.89. The minimum absolute atomic E-state index is 0.0595. The van der Waals surface area contributed by atoms with Gasteiger partial charge in [0, 0.05) is 16.8 Å². The van der Waals surface area contributed by atoms with Crippen LogP contribution in [0.1, 0.15) is 41.6 Å². The normalized spacial score (nSPS) is 15.0. The van der Waals surface area contributed by atoms with Gasteiger partial charge < -0.3 is 19.9 Å². The maximum Gasteiger partial charge on any atom is 0.244 e. The number of halogens is 1. The van der Waals surface area contributed by atoms with Gasteiger partial charge in [-0.05, 0) is 36.2 Å². The molecule has 0 fully saturated rings. The molecule has 3 N–H and O–H groups in total. The van der Waals surface area contributed by atoms with Crippen molar-refractivity contribution in [2.45, 2.75) is 32.3 Å². The predicted molar refractivity (Wildman–Crippen MR) is 121 cm³/mol. The molecule has 32 heavy (non-hydrogen) atoms. The van der Waals surface area contributed by atoms with E-state index < -0.39 is 5.92 Å². The number of methoxy groups -OCH3 is 1. The summed E-state index contributed by atoms with van der Waals surface area (Å²) in [5, 5.41) is 17.7. The summed E-state index contributed by atoms with van der Waals surface area (Å²) in [6.45, 7) is 2.32. The van der Waals surface area contributed by atoms with Gasteiger partial charge in [0.25, 0.3) is 0 Å². The van der Waals surface area contributed by atoms with Crippen LogP contribution in [0.4, 0.5) is 0 Å². The lowest BCUT2D eigenvalue weighted by Crippen LogP contribution is -2.21. The second-order valence-corrected chi connectivity index (χ2v) is 7.79. The second kappa shape index (κ2) is 9.25. The predicted octanol–water partition coefficient (Wildman–Crippen LogP) is 4.82. The molecular formula is C24H23ClN4O3. The van der Waals surface area contributed by atoms with Crippen LogP contribution in [0.5, 0.6) is 17.4 Å². The average molecular weight is 451 g/mol. The quantitative estimate of drug-likeness (QED) is 0.534. The van der Waals surface area contributed by atoms with Crippen molar-refractivity contribution in [3.8, 4) is 23.4 Å². The molecule has 164 valence electrons. The number of para-hydroxylation sites is 1. The van der Waals surface area contributed by atoms with Gasteiger partial charge in [-0.25, -0.2) is 0 Å². The summed E-state index contributed by atoms with van der Waals surface area (Å²) >= 11 is 6.23. The molecule has 0 bridgehead atoms. The van der Waals surface area contributed by atoms with Gasteiger partial charge in [-0.15, -0.1) is 5.10 Å². The first-order valence-electron chi connectivity index (χ1n) is 10.3. The lowest BCUT2D eigenvalue weighted by Gasteiger charge is -2.25. The molecule has 7 nitrogen and oxygen atoms in total. The third kappa shape index (κ3) is 3.97. The van der Waals surface area contributed by atoms with Crippen LogP contribution in [-0.4, -0.2) is 17.3 Å². The highest BCUT2D eigenvalue weighted by atomic mass is 35.5. The molecular weight excluding hydrogens is 428 g/mol. The van der Waals surface area contributed by atoms with Crippen molar-refractivity contribution in [2.75, 3.05) is 7.11 Å². The van der Waals surface area contributed by atoms with E-state index in [1.54, 1.807) is 13.2 Å². The van der Waals surface area contributed by atoms with Crippen LogP contribution in [-0.2, 0) is 13.0 Å². The minimum atomic E-state index is -0.408. The molecule has 0 aliphatic carbocycles. The molecule has 0 spiro atoms. The highest BCUT2D eigenvalue weighted by molar-refractivity contribution is 6.32. The monoisotopic (exact) mass is 450 g/mol. The van der Waals surface area contributed by atoms with Gasteiger partial charge in [0.05, 0.1) is 18.1 Å². The van der Waals surface area contributed by atoms with Gasteiger partial charge >= 0.3 is 0 Å². The van der Waals surface area contributed by atoms with Crippen molar-refractivity contribution in [2.24, 2.45) is 5.73 Å². The van der Waals surface area contributed by atoms with Crippen molar-refractivity contribution < 1.29 is 14.2 Å². The molecule has 2 aromatic carbocycles. The Morgan fingerprint density at radius 2 is 2.06 bits per heavy atom. The van der Waals surface area contributed by atoms with Crippen LogP contribution in [0.15, 0.2) is 53.9 Å². The molecule has 0 radical (unpaired) electrons. The number of nitrogens with one attached hydrogen (secondary N) is 1. The number of fused-ring (bicyclic) bond motifs is 1. The Hall–Kier alpha value is -3.63. The number of benzene rings is 2. The largest absolute Gasteiger partial charge is 0.496 e. The molecule has 1 aliphatic rings. The maximum absolute atomic E-state index is 9.87. The Morgan fingerprint density at radius 1 is 1.25 bits per heavy atom. The Balaban J connectivity index is 1.76. The molecule has 1 aliphatic heterocycles. The summed E-state index contributed by atoms with van der Waals surface area (Å²) in [6.07, 6.45) is 1.70. The van der Waals surface area contributed by atoms with Gasteiger partial charge in [-0.1, -0.05) is 43.1 Å². The van der Waals surface area contributed by atoms with E-state index in [9.17, 15) is 5.26 Å². The lowest BCUT2D eigenvalue weighted by molar-refractivity contribution is 0.296. The first-order valence-corrected chi connectivity index (χ1v) is 10.6. The molecule has 1 aromatic heterocycles. The van der Waals surface area contributed by atoms with Crippen molar-refractivity contribution in [1.82, 2.24) is 10.2 Å². The van der Waals surface area contributed by atoms with Crippen LogP contribution >= 0.6 is 11.6 Å². The van der Waals surface area contributed by atoms with E-state index >= 15 is 0 Å². The van der Waals surface area contributed by atoms with Gasteiger partial charge in [0.15, 0.2) is 0 Å². The van der Waals surface area contributed by atoms with Crippen molar-refractivity contribution >= 4 is 11.6 Å². The number of nitrogens with two attached hydrogens (primary N) is 1. The number of aromatic amines is 1. The molecule has 3 aromatic rings. The molecule has 8 heteroatoms. The summed E-state index contributed by atoms with van der Waals surface area (Å²) in [7, 11) is 1.61. The fourth-order valence-corrected chi connectivity index (χ4v) is 4.08. The molecule has 2 heterocycles. The zero-order chi connectivity index (χ0) is 22.7. The van der Waals surface area contributed by atoms with Gasteiger partial charge in [0.2, 0.25) is 11.8 Å². The van der Waals surface area contributed by atoms with E-state index in [0.29, 0.717) is 28.0 Å². The number of nitrogens with zero attached hydrogens (tertiary/aromatic N) is 2. The number of hydrogen-bond acceptors (Lipinski definition) is 6. The van der Waals surface area contributed by atoms with Crippen molar-refractivity contribution in [3.05, 3.63) is 81.3 Å². The number of ether oxygens (including phenoxy) is 3. The number of allylic oxidation sites excluding steroid dienone is 1. The SMILES string of the molecule is CCCc1[nH]nc2c1C(c1ccc(OC)c(COc3ccccc3Cl)c1)C(C#N)=C(N)O2. The van der Waals surface area contributed by atoms with Crippen LogP contribution < -0.4 is 19.9 Å². The summed E-state index contributed by atoms with van der Waals surface area (Å²) in [4.78, 5) is 0. The maximum atomic E-state index is 9.87. The number of nitriles is 1. The molecule has 4 rings (SSSR count). The Bertz CT molecular complexity index is 1210. The first-order chi connectivity index (χ1) is 15.6. The van der Waals surface area contributed by atoms with Crippen LogP contribution in [0.3, 0.4) is 0 Å². The van der Waals surface area contributed by atoms with Crippen LogP contribution in [0, 0.1) is 11.3 Å². The number of aryl methyl sites for hydroxylation is 1. The van der Waals surface area contributed by atoms with E-state index in [-0.39, 0.29) is 12.5 Å². The summed E-state index contributed by atoms with van der Waals surface area (Å²) in [5.41, 5.74) is 9.87. The van der Waals surface area contributed by atoms with Crippen LogP contribution in [0.25, 0.3) is 0 Å². The average Bonchev–Trinajstić information content (AvgIpc) is 3.19. The zero-order valence-electron chi connectivity index (χ0n) is 17.8. The molecule has 1 unspecified atom stereocenters. The van der Waals surface area contributed by atoms with Gasteiger partial charge in [-0.3, -0.25) is 5.10 Å². The van der Waals surface area contributed by atoms with Crippen LogP contribution in [0.2, 0.25) is 5.02 Å². The smallest absolute Gasteiger partial charge is 0.244 e. The zero-order valence-corrected chi connectivity index (χ0v) is 18.6. The Labute approximate surface area is 191 Å². The third-order valence-electron chi connectivity index (χ3n) is 5.38. The molecule has 0 saturated carbocycles. The van der Waals surface area contributed by atoms with Crippen molar-refractivity contribution in [3.63, 3.8) is 0 Å². The molecule has 0 amide bonds. The number of H-pyrrole nitrogens is 1. The molecule has 1 atom stereocenters. The lowest BCUT2D eigenvalue weighted by atomic mass is 9.83. The van der Waals surface area contributed by atoms with E-state index in [2.05, 4.69) is 23.2 Å². The highest BCUT2D eigenvalue weighted by Gasteiger charge is 2.35. The Morgan fingerprint density at radius 3 is 2.78 bits per heavy atom. The standard InChI is InChI=1S/C24H23ClN4O3/c1-3-6-18-22-21(16(12-26)23(27)32-24(22)29-28-18)14-9-10-19(30-2)15(11-14)13-31-20-8-5-4-7-17(20)25/h4-5,7-11,21H,3,6,13,27H2,1-2H3,(H,28,29). The number of rotatable bonds is 7. The summed E-state index contributed by atoms with van der Waals surface area (Å²) in [5.74, 6) is 1.30. The van der Waals surface area contributed by atoms with E-state index in [4.69, 9.17) is 31.5 Å². The minimum Gasteiger partial charge on any atom is -0.496 e. The Kier molecular flexibility index (Phi) is 6.24. The molecule has 0 saturated heterocycles. The fraction of sp³-hybridized carbons (Fsp3) is 0.250. The first kappa shape index (κ1) is 21.6. The second-order valence-electron chi connectivity index (χ2n) is 7.39. The third-order valence-corrected chi connectivity index (χ3v) is 5.69.